The minimum atomic E-state index is -5.25. The summed E-state index contributed by atoms with van der Waals surface area (Å²) in [6.45, 7) is 0.708. The van der Waals surface area contributed by atoms with Crippen LogP contribution in [-0.4, -0.2) is 37.5 Å². The molecule has 0 bridgehead atoms. The molecule has 1 aliphatic carbocycles. The monoisotopic (exact) mass is 410 g/mol. The molecule has 27 heavy (non-hydrogen) atoms. The summed E-state index contributed by atoms with van der Waals surface area (Å²) < 4.78 is 85.0. The van der Waals surface area contributed by atoms with Gasteiger partial charge in [0, 0.05) is 12.1 Å². The second-order valence-electron chi connectivity index (χ2n) is 7.06. The third kappa shape index (κ3) is 2.66. The van der Waals surface area contributed by atoms with Crippen molar-refractivity contribution >= 4 is 9.84 Å². The van der Waals surface area contributed by atoms with Gasteiger partial charge in [0.1, 0.15) is 11.9 Å². The summed E-state index contributed by atoms with van der Waals surface area (Å²) in [4.78, 5) is -0.982. The largest absolute Gasteiger partial charge is 0.488 e. The quantitative estimate of drug-likeness (QED) is 0.662. The summed E-state index contributed by atoms with van der Waals surface area (Å²) in [5.41, 5.74) is 4.06. The van der Waals surface area contributed by atoms with E-state index in [2.05, 4.69) is 10.9 Å². The molecule has 2 fully saturated rings. The van der Waals surface area contributed by atoms with Gasteiger partial charge in [-0.2, -0.15) is 8.78 Å². The van der Waals surface area contributed by atoms with Gasteiger partial charge in [-0.25, -0.2) is 17.2 Å². The SMILES string of the molecule is O=S1(=O)c2ccc(OC3CCCC4CNNC43)c(C(F)F)c2C(O)C1(F)F. The fraction of sp³-hybridized carbons (Fsp3) is 0.625. The highest BCUT2D eigenvalue weighted by Crippen LogP contribution is 2.53. The highest BCUT2D eigenvalue weighted by atomic mass is 32.2. The van der Waals surface area contributed by atoms with Gasteiger partial charge in [-0.15, -0.1) is 0 Å². The van der Waals surface area contributed by atoms with E-state index in [-0.39, 0.29) is 17.7 Å². The zero-order valence-electron chi connectivity index (χ0n) is 14.0. The lowest BCUT2D eigenvalue weighted by Gasteiger charge is -2.33. The molecular weight excluding hydrogens is 392 g/mol. The molecule has 3 aliphatic rings. The molecule has 0 aromatic heterocycles. The van der Waals surface area contributed by atoms with Crippen LogP contribution in [0.25, 0.3) is 0 Å². The number of benzene rings is 1. The topological polar surface area (TPSA) is 87.7 Å². The minimum absolute atomic E-state index is 0.132. The number of aliphatic hydroxyl groups excluding tert-OH is 1. The first-order valence-electron chi connectivity index (χ1n) is 8.56. The van der Waals surface area contributed by atoms with Crippen LogP contribution >= 0.6 is 0 Å². The van der Waals surface area contributed by atoms with E-state index in [1.807, 2.05) is 0 Å². The Balaban J connectivity index is 1.77. The Kier molecular flexibility index (Phi) is 4.41. The first-order valence-corrected chi connectivity index (χ1v) is 10.0. The average Bonchev–Trinajstić information content (AvgIpc) is 3.13. The number of nitrogens with one attached hydrogen (secondary N) is 2. The van der Waals surface area contributed by atoms with Crippen LogP contribution in [0.4, 0.5) is 17.6 Å². The van der Waals surface area contributed by atoms with Crippen LogP contribution in [0.2, 0.25) is 0 Å². The van der Waals surface area contributed by atoms with Crippen molar-refractivity contribution in [2.45, 2.75) is 54.1 Å². The fourth-order valence-corrected chi connectivity index (χ4v) is 5.65. The second-order valence-corrected chi connectivity index (χ2v) is 9.05. The van der Waals surface area contributed by atoms with E-state index in [0.29, 0.717) is 13.0 Å². The lowest BCUT2D eigenvalue weighted by atomic mass is 9.84. The molecule has 1 saturated heterocycles. The van der Waals surface area contributed by atoms with E-state index < -0.39 is 49.7 Å². The molecule has 6 nitrogen and oxygen atoms in total. The van der Waals surface area contributed by atoms with Gasteiger partial charge in [0.05, 0.1) is 16.5 Å². The molecule has 2 heterocycles. The van der Waals surface area contributed by atoms with Crippen LogP contribution < -0.4 is 15.6 Å². The summed E-state index contributed by atoms with van der Waals surface area (Å²) in [6, 6.07) is 1.64. The Hall–Kier alpha value is -1.43. The number of hydrazine groups is 1. The smallest absolute Gasteiger partial charge is 0.379 e. The third-order valence-electron chi connectivity index (χ3n) is 5.55. The van der Waals surface area contributed by atoms with Gasteiger partial charge in [-0.3, -0.25) is 10.9 Å². The Bertz CT molecular complexity index is 864. The van der Waals surface area contributed by atoms with Crippen LogP contribution in [0, 0.1) is 5.92 Å². The number of hydrogen-bond acceptors (Lipinski definition) is 6. The van der Waals surface area contributed by atoms with Crippen molar-refractivity contribution in [1.29, 1.82) is 0 Å². The van der Waals surface area contributed by atoms with Gasteiger partial charge in [0.15, 0.2) is 6.10 Å². The predicted octanol–water partition coefficient (Wildman–Crippen LogP) is 2.06. The lowest BCUT2D eigenvalue weighted by Crippen LogP contribution is -2.47. The summed E-state index contributed by atoms with van der Waals surface area (Å²) in [5, 5.41) is 5.25. The molecule has 11 heteroatoms. The maximum atomic E-state index is 14.0. The molecular formula is C16H18F4N2O4S. The minimum Gasteiger partial charge on any atom is -0.488 e. The Morgan fingerprint density at radius 2 is 2.00 bits per heavy atom. The maximum absolute atomic E-state index is 14.0. The van der Waals surface area contributed by atoms with Crippen LogP contribution in [0.1, 0.15) is 42.9 Å². The van der Waals surface area contributed by atoms with E-state index in [4.69, 9.17) is 4.74 Å². The van der Waals surface area contributed by atoms with E-state index in [1.54, 1.807) is 0 Å². The van der Waals surface area contributed by atoms with Crippen LogP contribution in [0.3, 0.4) is 0 Å². The van der Waals surface area contributed by atoms with Crippen molar-refractivity contribution in [1.82, 2.24) is 10.9 Å². The van der Waals surface area contributed by atoms with E-state index in [1.165, 1.54) is 0 Å². The summed E-state index contributed by atoms with van der Waals surface area (Å²) in [5.74, 6) is -0.126. The molecule has 4 unspecified atom stereocenters. The molecule has 3 N–H and O–H groups in total. The highest BCUT2D eigenvalue weighted by molar-refractivity contribution is 7.92. The molecule has 0 spiro atoms. The third-order valence-corrected chi connectivity index (χ3v) is 7.42. The standard InChI is InChI=1S/C16H18F4N2O4S/c17-15(18)11-8(26-9-3-1-2-7-6-21-22-13(7)9)4-5-10-12(11)14(23)16(19,20)27(10,24)25/h4-5,7,9,13-15,21-23H,1-3,6H2. The number of aliphatic hydroxyl groups is 1. The predicted molar refractivity (Wildman–Crippen MR) is 85.2 cm³/mol. The van der Waals surface area contributed by atoms with E-state index >= 15 is 0 Å². The van der Waals surface area contributed by atoms with Gasteiger partial charge in [-0.1, -0.05) is 0 Å². The van der Waals surface area contributed by atoms with Crippen molar-refractivity contribution in [3.63, 3.8) is 0 Å². The number of hydrogen-bond donors (Lipinski definition) is 3. The number of rotatable bonds is 3. The molecule has 4 rings (SSSR count). The molecule has 1 aromatic rings. The van der Waals surface area contributed by atoms with E-state index in [0.717, 1.165) is 25.0 Å². The van der Waals surface area contributed by atoms with Gasteiger partial charge in [-0.05, 0) is 37.3 Å². The van der Waals surface area contributed by atoms with Crippen molar-refractivity contribution in [3.05, 3.63) is 23.3 Å². The molecule has 1 saturated carbocycles. The van der Waals surface area contributed by atoms with Crippen molar-refractivity contribution in [3.8, 4) is 5.75 Å². The van der Waals surface area contributed by atoms with Crippen molar-refractivity contribution in [2.24, 2.45) is 5.92 Å². The molecule has 2 aliphatic heterocycles. The van der Waals surface area contributed by atoms with Gasteiger partial charge in [0.2, 0.25) is 9.84 Å². The number of halogens is 4. The number of fused-ring (bicyclic) bond motifs is 2. The first kappa shape index (κ1) is 18.9. The van der Waals surface area contributed by atoms with Crippen molar-refractivity contribution < 1.29 is 35.8 Å². The van der Waals surface area contributed by atoms with Gasteiger partial charge >= 0.3 is 5.25 Å². The second kappa shape index (κ2) is 6.29. The molecule has 1 aromatic carbocycles. The number of sulfone groups is 1. The zero-order valence-corrected chi connectivity index (χ0v) is 14.8. The summed E-state index contributed by atoms with van der Waals surface area (Å²) in [6.07, 6.45) is -4.30. The zero-order chi connectivity index (χ0) is 19.6. The van der Waals surface area contributed by atoms with Gasteiger partial charge in [0.25, 0.3) is 6.43 Å². The fourth-order valence-electron chi connectivity index (χ4n) is 4.19. The molecule has 150 valence electrons. The number of alkyl halides is 4. The summed E-state index contributed by atoms with van der Waals surface area (Å²) in [7, 11) is -5.25. The normalized spacial score (nSPS) is 33.7. The Labute approximate surface area is 152 Å². The molecule has 0 amide bonds. The summed E-state index contributed by atoms with van der Waals surface area (Å²) >= 11 is 0. The lowest BCUT2D eigenvalue weighted by molar-refractivity contribution is -0.0393. The first-order chi connectivity index (χ1) is 12.7. The number of ether oxygens (including phenoxy) is 1. The average molecular weight is 410 g/mol. The highest BCUT2D eigenvalue weighted by Gasteiger charge is 2.62. The maximum Gasteiger partial charge on any atom is 0.379 e. The molecule has 4 atom stereocenters. The van der Waals surface area contributed by atoms with E-state index in [9.17, 15) is 31.1 Å². The van der Waals surface area contributed by atoms with Gasteiger partial charge < -0.3 is 9.84 Å². The Morgan fingerprint density at radius 3 is 2.70 bits per heavy atom. The van der Waals surface area contributed by atoms with Crippen LogP contribution in [0.15, 0.2) is 17.0 Å². The van der Waals surface area contributed by atoms with Crippen molar-refractivity contribution in [2.75, 3.05) is 6.54 Å². The molecule has 0 radical (unpaired) electrons. The van der Waals surface area contributed by atoms with Crippen LogP contribution in [-0.2, 0) is 9.84 Å². The van der Waals surface area contributed by atoms with Crippen LogP contribution in [0.5, 0.6) is 5.75 Å². The Morgan fingerprint density at radius 1 is 1.26 bits per heavy atom.